The molecule has 4 aromatic rings. The zero-order chi connectivity index (χ0) is 25.5. The number of hydrogen-bond acceptors (Lipinski definition) is 3. The molecule has 0 spiro atoms. The fourth-order valence-electron chi connectivity index (χ4n) is 4.33. The lowest BCUT2D eigenvalue weighted by molar-refractivity contribution is 0.959. The molecule has 0 saturated heterocycles. The van der Waals surface area contributed by atoms with E-state index in [0.29, 0.717) is 12.4 Å². The molecule has 5 heteroatoms. The van der Waals surface area contributed by atoms with Gasteiger partial charge >= 0.3 is 0 Å². The Morgan fingerprint density at radius 3 is 2.25 bits per heavy atom. The smallest absolute Gasteiger partial charge is 0.161 e. The third-order valence-corrected chi connectivity index (χ3v) is 6.27. The number of anilines is 1. The van der Waals surface area contributed by atoms with Crippen molar-refractivity contribution in [3.05, 3.63) is 138 Å². The molecule has 0 radical (unpaired) electrons. The molecule has 0 atom stereocenters. The molecule has 0 aliphatic rings. The highest BCUT2D eigenvalue weighted by Crippen LogP contribution is 2.29. The van der Waals surface area contributed by atoms with E-state index in [0.717, 1.165) is 34.0 Å². The maximum Gasteiger partial charge on any atom is 0.161 e. The normalized spacial score (nSPS) is 11.6. The maximum absolute atomic E-state index is 5.89. The molecule has 4 rings (SSSR count). The summed E-state index contributed by atoms with van der Waals surface area (Å²) in [5.74, 6) is 7.32. The zero-order valence-electron chi connectivity index (χ0n) is 20.8. The Hall–Kier alpha value is -4.64. The number of nitrogens with zero attached hydrogens (tertiary/aromatic N) is 4. The van der Waals surface area contributed by atoms with Gasteiger partial charge in [-0.2, -0.15) is 5.10 Å². The summed E-state index contributed by atoms with van der Waals surface area (Å²) < 4.78 is 2.23. The molecule has 0 saturated carbocycles. The molecule has 2 heterocycles. The monoisotopic (exact) mass is 473 g/mol. The minimum Gasteiger partial charge on any atom is -0.321 e. The van der Waals surface area contributed by atoms with Crippen molar-refractivity contribution < 1.29 is 0 Å². The van der Waals surface area contributed by atoms with Crippen molar-refractivity contribution in [3.8, 4) is 5.69 Å². The van der Waals surface area contributed by atoms with E-state index < -0.39 is 0 Å². The molecule has 2 aromatic heterocycles. The number of nitrogens with two attached hydrogens (primary N) is 1. The van der Waals surface area contributed by atoms with Gasteiger partial charge in [0.15, 0.2) is 5.84 Å². The molecule has 5 nitrogen and oxygen atoms in total. The van der Waals surface area contributed by atoms with Gasteiger partial charge in [-0.1, -0.05) is 73.8 Å². The lowest BCUT2D eigenvalue weighted by atomic mass is 10.1. The predicted octanol–water partition coefficient (Wildman–Crippen LogP) is 6.66. The largest absolute Gasteiger partial charge is 0.321 e. The summed E-state index contributed by atoms with van der Waals surface area (Å²) in [6.45, 7) is 12.7. The highest BCUT2D eigenvalue weighted by molar-refractivity contribution is 6.09. The average Bonchev–Trinajstić information content (AvgIpc) is 3.17. The SMILES string of the molecule is C=C/C=C\c1c(C)c(C)c(C=C)n1-c1ccc(CN(/C(=N\N)c2ccccc2)c2ccccn2)cc1. The van der Waals surface area contributed by atoms with Crippen LogP contribution in [0.5, 0.6) is 0 Å². The third kappa shape index (κ3) is 4.91. The number of rotatable bonds is 8. The van der Waals surface area contributed by atoms with Crippen LogP contribution in [0.3, 0.4) is 0 Å². The summed E-state index contributed by atoms with van der Waals surface area (Å²) in [6.07, 6.45) is 9.52. The van der Waals surface area contributed by atoms with E-state index in [-0.39, 0.29) is 0 Å². The predicted molar refractivity (Wildman–Crippen MR) is 152 cm³/mol. The van der Waals surface area contributed by atoms with Gasteiger partial charge < -0.3 is 15.3 Å². The molecule has 0 amide bonds. The van der Waals surface area contributed by atoms with Crippen LogP contribution in [-0.2, 0) is 6.54 Å². The van der Waals surface area contributed by atoms with E-state index >= 15 is 0 Å². The van der Waals surface area contributed by atoms with Crippen molar-refractivity contribution in [2.24, 2.45) is 10.9 Å². The topological polar surface area (TPSA) is 59.4 Å². The van der Waals surface area contributed by atoms with Crippen LogP contribution >= 0.6 is 0 Å². The quantitative estimate of drug-likeness (QED) is 0.102. The first kappa shape index (κ1) is 24.5. The minimum atomic E-state index is 0.559. The second kappa shape index (κ2) is 11.2. The Morgan fingerprint density at radius 1 is 0.944 bits per heavy atom. The van der Waals surface area contributed by atoms with Crippen molar-refractivity contribution >= 4 is 23.8 Å². The van der Waals surface area contributed by atoms with Gasteiger partial charge in [0.25, 0.3) is 0 Å². The Kier molecular flexibility index (Phi) is 7.61. The summed E-state index contributed by atoms with van der Waals surface area (Å²) in [5, 5.41) is 4.14. The summed E-state index contributed by atoms with van der Waals surface area (Å²) in [6, 6.07) is 24.3. The van der Waals surface area contributed by atoms with Crippen LogP contribution in [0, 0.1) is 13.8 Å². The summed E-state index contributed by atoms with van der Waals surface area (Å²) in [7, 11) is 0. The first-order chi connectivity index (χ1) is 17.6. The lowest BCUT2D eigenvalue weighted by Crippen LogP contribution is -2.33. The lowest BCUT2D eigenvalue weighted by Gasteiger charge is -2.25. The molecule has 36 heavy (non-hydrogen) atoms. The number of amidine groups is 1. The van der Waals surface area contributed by atoms with E-state index in [1.54, 1.807) is 12.3 Å². The van der Waals surface area contributed by atoms with Gasteiger partial charge in [0, 0.05) is 28.8 Å². The Balaban J connectivity index is 1.73. The van der Waals surface area contributed by atoms with Crippen molar-refractivity contribution in [2.45, 2.75) is 20.4 Å². The first-order valence-electron chi connectivity index (χ1n) is 11.8. The van der Waals surface area contributed by atoms with Gasteiger partial charge in [0.1, 0.15) is 5.82 Å². The van der Waals surface area contributed by atoms with E-state index in [2.05, 4.69) is 72.0 Å². The van der Waals surface area contributed by atoms with Crippen LogP contribution in [0.15, 0.2) is 109 Å². The third-order valence-electron chi connectivity index (χ3n) is 6.27. The second-order valence-corrected chi connectivity index (χ2v) is 8.41. The Morgan fingerprint density at radius 2 is 1.64 bits per heavy atom. The molecule has 0 aliphatic heterocycles. The molecule has 0 unspecified atom stereocenters. The molecule has 0 bridgehead atoms. The van der Waals surface area contributed by atoms with Gasteiger partial charge in [-0.15, -0.1) is 0 Å². The molecule has 0 aliphatic carbocycles. The summed E-state index contributed by atoms with van der Waals surface area (Å²) in [5.41, 5.74) is 7.73. The number of allylic oxidation sites excluding steroid dienone is 2. The van der Waals surface area contributed by atoms with Crippen LogP contribution in [-0.4, -0.2) is 15.4 Å². The Labute approximate surface area is 213 Å². The number of hydrogen-bond donors (Lipinski definition) is 1. The van der Waals surface area contributed by atoms with E-state index in [1.165, 1.54) is 11.1 Å². The second-order valence-electron chi connectivity index (χ2n) is 8.41. The molecular formula is C31H31N5. The van der Waals surface area contributed by atoms with Crippen LogP contribution in [0.25, 0.3) is 17.8 Å². The van der Waals surface area contributed by atoms with Crippen molar-refractivity contribution in [1.29, 1.82) is 0 Å². The zero-order valence-corrected chi connectivity index (χ0v) is 20.8. The van der Waals surface area contributed by atoms with E-state index in [1.807, 2.05) is 65.6 Å². The summed E-state index contributed by atoms with van der Waals surface area (Å²) >= 11 is 0. The van der Waals surface area contributed by atoms with Crippen LogP contribution in [0.4, 0.5) is 5.82 Å². The average molecular weight is 474 g/mol. The molecular weight excluding hydrogens is 442 g/mol. The van der Waals surface area contributed by atoms with Crippen molar-refractivity contribution in [2.75, 3.05) is 4.90 Å². The summed E-state index contributed by atoms with van der Waals surface area (Å²) in [4.78, 5) is 6.60. The van der Waals surface area contributed by atoms with Crippen molar-refractivity contribution in [1.82, 2.24) is 9.55 Å². The van der Waals surface area contributed by atoms with Gasteiger partial charge in [0.05, 0.1) is 6.54 Å². The standard InChI is InChI=1S/C31H31N5/c1-5-7-15-29-24(4)23(3)28(6-2)36(29)27-19-17-25(18-20-27)22-35(30-16-11-12-21-33-30)31(34-32)26-13-9-8-10-14-26/h5-21H,1-2,22,32H2,3-4H3/b15-7-,34-31-. The van der Waals surface area contributed by atoms with Gasteiger partial charge in [-0.3, -0.25) is 0 Å². The molecule has 2 N–H and O–H groups in total. The van der Waals surface area contributed by atoms with E-state index in [4.69, 9.17) is 5.84 Å². The number of pyridine rings is 1. The highest BCUT2D eigenvalue weighted by atomic mass is 15.3. The maximum atomic E-state index is 5.89. The fourth-order valence-corrected chi connectivity index (χ4v) is 4.33. The number of benzene rings is 2. The molecule has 2 aromatic carbocycles. The fraction of sp³-hybridized carbons (Fsp3) is 0.0968. The van der Waals surface area contributed by atoms with Gasteiger partial charge in [-0.25, -0.2) is 4.98 Å². The van der Waals surface area contributed by atoms with Gasteiger partial charge in [-0.05, 0) is 67.0 Å². The van der Waals surface area contributed by atoms with Crippen molar-refractivity contribution in [3.63, 3.8) is 0 Å². The molecule has 0 fully saturated rings. The first-order valence-corrected chi connectivity index (χ1v) is 11.8. The van der Waals surface area contributed by atoms with Gasteiger partial charge in [0.2, 0.25) is 0 Å². The van der Waals surface area contributed by atoms with Crippen LogP contribution in [0.2, 0.25) is 0 Å². The minimum absolute atomic E-state index is 0.559. The van der Waals surface area contributed by atoms with Crippen LogP contribution in [0.1, 0.15) is 33.6 Å². The number of hydrazone groups is 1. The highest BCUT2D eigenvalue weighted by Gasteiger charge is 2.19. The Bertz CT molecular complexity index is 1400. The number of aromatic nitrogens is 2. The van der Waals surface area contributed by atoms with Crippen LogP contribution < -0.4 is 10.7 Å². The molecule has 180 valence electrons. The van der Waals surface area contributed by atoms with E-state index in [9.17, 15) is 0 Å².